The summed E-state index contributed by atoms with van der Waals surface area (Å²) < 4.78 is 71.6. The lowest BCUT2D eigenvalue weighted by molar-refractivity contribution is -0.141. The van der Waals surface area contributed by atoms with E-state index in [1.165, 1.54) is 25.4 Å². The number of fused-ring (bicyclic) bond motifs is 1. The Morgan fingerprint density at radius 3 is 2.42 bits per heavy atom. The molecule has 1 aliphatic rings. The Hall–Kier alpha value is -4.98. The van der Waals surface area contributed by atoms with Gasteiger partial charge in [0.15, 0.2) is 23.1 Å². The van der Waals surface area contributed by atoms with Crippen LogP contribution in [0.4, 0.5) is 23.2 Å². The van der Waals surface area contributed by atoms with Crippen molar-refractivity contribution in [1.29, 1.82) is 0 Å². The zero-order valence-corrected chi connectivity index (χ0v) is 24.1. The average molecular weight is 628 g/mol. The van der Waals surface area contributed by atoms with E-state index in [0.717, 1.165) is 55.2 Å². The van der Waals surface area contributed by atoms with Crippen molar-refractivity contribution >= 4 is 28.4 Å². The van der Waals surface area contributed by atoms with Gasteiger partial charge in [0.2, 0.25) is 0 Å². The van der Waals surface area contributed by atoms with Crippen LogP contribution in [0.1, 0.15) is 24.1 Å². The lowest BCUT2D eigenvalue weighted by atomic mass is 9.99. The van der Waals surface area contributed by atoms with E-state index < -0.39 is 36.0 Å². The molecule has 14 heteroatoms. The van der Waals surface area contributed by atoms with Crippen LogP contribution in [0.3, 0.4) is 0 Å². The number of pyridine rings is 2. The number of alkyl halides is 3. The molecule has 1 fully saturated rings. The predicted molar refractivity (Wildman–Crippen MR) is 155 cm³/mol. The number of benzene rings is 2. The van der Waals surface area contributed by atoms with Gasteiger partial charge in [-0.2, -0.15) is 13.2 Å². The molecule has 10 nitrogen and oxygen atoms in total. The first-order valence-electron chi connectivity index (χ1n) is 13.9. The van der Waals surface area contributed by atoms with Gasteiger partial charge in [0.05, 0.1) is 25.8 Å². The van der Waals surface area contributed by atoms with E-state index in [1.807, 2.05) is 0 Å². The van der Waals surface area contributed by atoms with Crippen LogP contribution in [0.25, 0.3) is 10.9 Å². The van der Waals surface area contributed by atoms with Crippen LogP contribution in [0.5, 0.6) is 23.0 Å². The van der Waals surface area contributed by atoms with Gasteiger partial charge in [-0.05, 0) is 67.7 Å². The number of nitrogens with zero attached hydrogens (tertiary/aromatic N) is 3. The number of hydrogen-bond donors (Lipinski definition) is 2. The van der Waals surface area contributed by atoms with Crippen LogP contribution in [0, 0.1) is 11.7 Å². The molecule has 2 aromatic carbocycles. The summed E-state index contributed by atoms with van der Waals surface area (Å²) in [6, 6.07) is 10.3. The lowest BCUT2D eigenvalue weighted by Gasteiger charge is -2.23. The van der Waals surface area contributed by atoms with Crippen molar-refractivity contribution in [1.82, 2.24) is 15.3 Å². The highest BCUT2D eigenvalue weighted by Gasteiger charge is 2.32. The molecule has 0 saturated carbocycles. The minimum absolute atomic E-state index is 0.0830. The number of ether oxygens (including phenoxy) is 3. The monoisotopic (exact) mass is 627 g/mol. The molecule has 2 aromatic heterocycles. The van der Waals surface area contributed by atoms with E-state index in [-0.39, 0.29) is 22.7 Å². The maximum atomic E-state index is 15.4. The Morgan fingerprint density at radius 2 is 1.78 bits per heavy atom. The van der Waals surface area contributed by atoms with Crippen molar-refractivity contribution in [2.75, 3.05) is 31.7 Å². The van der Waals surface area contributed by atoms with Crippen LogP contribution in [0.2, 0.25) is 0 Å². The standard InChI is InChI=1S/C31H29F4N5O5/c1-43-26-13-21-23(14-27(26)44-17-18-6-9-37-10-7-18)38-11-8-24(21)45-25-4-3-20(12-22(25)32)40(30(42)29(36)41)16-19-2-5-28(39-15-19)31(33,34)35/h2-5,8,11-15,18,37H,6-7,9-10,16-17H2,1H3,(H2,36,41). The second-order valence-corrected chi connectivity index (χ2v) is 10.4. The van der Waals surface area contributed by atoms with Crippen LogP contribution in [-0.2, 0) is 22.3 Å². The molecule has 0 atom stereocenters. The third-order valence-electron chi connectivity index (χ3n) is 7.28. The molecule has 0 unspecified atom stereocenters. The second kappa shape index (κ2) is 13.3. The lowest BCUT2D eigenvalue weighted by Crippen LogP contribution is -2.40. The molecule has 1 saturated heterocycles. The highest BCUT2D eigenvalue weighted by molar-refractivity contribution is 6.39. The number of hydrogen-bond acceptors (Lipinski definition) is 8. The number of rotatable bonds is 9. The van der Waals surface area contributed by atoms with E-state index in [1.54, 1.807) is 18.2 Å². The fourth-order valence-electron chi connectivity index (χ4n) is 4.89. The van der Waals surface area contributed by atoms with Gasteiger partial charge in [-0.15, -0.1) is 0 Å². The molecule has 0 aliphatic carbocycles. The highest BCUT2D eigenvalue weighted by Crippen LogP contribution is 2.38. The van der Waals surface area contributed by atoms with Gasteiger partial charge in [0.1, 0.15) is 11.4 Å². The number of carbonyl (C=O) groups excluding carboxylic acids is 2. The second-order valence-electron chi connectivity index (χ2n) is 10.4. The van der Waals surface area contributed by atoms with E-state index in [9.17, 15) is 22.8 Å². The molecule has 0 radical (unpaired) electrons. The average Bonchev–Trinajstić information content (AvgIpc) is 3.03. The number of methoxy groups -OCH3 is 1. The van der Waals surface area contributed by atoms with Gasteiger partial charge in [-0.3, -0.25) is 24.5 Å². The fourth-order valence-corrected chi connectivity index (χ4v) is 4.89. The molecule has 3 heterocycles. The third kappa shape index (κ3) is 7.40. The fraction of sp³-hybridized carbons (Fsp3) is 0.290. The van der Waals surface area contributed by atoms with E-state index in [2.05, 4.69) is 15.3 Å². The van der Waals surface area contributed by atoms with Crippen molar-refractivity contribution in [2.24, 2.45) is 11.7 Å². The Morgan fingerprint density at radius 1 is 1.00 bits per heavy atom. The first kappa shape index (κ1) is 31.4. The van der Waals surface area contributed by atoms with Crippen molar-refractivity contribution in [2.45, 2.75) is 25.6 Å². The summed E-state index contributed by atoms with van der Waals surface area (Å²) in [5, 5.41) is 3.84. The number of carbonyl (C=O) groups is 2. The van der Waals surface area contributed by atoms with Crippen LogP contribution < -0.4 is 30.2 Å². The molecule has 3 N–H and O–H groups in total. The van der Waals surface area contributed by atoms with Gasteiger partial charge in [0.25, 0.3) is 0 Å². The summed E-state index contributed by atoms with van der Waals surface area (Å²) in [4.78, 5) is 32.9. The predicted octanol–water partition coefficient (Wildman–Crippen LogP) is 4.99. The van der Waals surface area contributed by atoms with Gasteiger partial charge >= 0.3 is 18.0 Å². The summed E-state index contributed by atoms with van der Waals surface area (Å²) >= 11 is 0. The topological polar surface area (TPSA) is 129 Å². The van der Waals surface area contributed by atoms with E-state index >= 15 is 4.39 Å². The molecule has 1 aliphatic heterocycles. The molecule has 0 spiro atoms. The zero-order chi connectivity index (χ0) is 32.1. The normalized spacial score (nSPS) is 13.8. The van der Waals surface area contributed by atoms with Crippen LogP contribution in [0.15, 0.2) is 60.9 Å². The first-order valence-corrected chi connectivity index (χ1v) is 13.9. The maximum Gasteiger partial charge on any atom is 0.433 e. The molecule has 45 heavy (non-hydrogen) atoms. The first-order chi connectivity index (χ1) is 21.5. The van der Waals surface area contributed by atoms with Crippen molar-refractivity contribution in [3.8, 4) is 23.0 Å². The van der Waals surface area contributed by atoms with Gasteiger partial charge in [-0.1, -0.05) is 6.07 Å². The maximum absolute atomic E-state index is 15.4. The quantitative estimate of drug-likeness (QED) is 0.196. The Labute approximate surface area is 255 Å². The number of primary amides is 1. The highest BCUT2D eigenvalue weighted by atomic mass is 19.4. The Kier molecular flexibility index (Phi) is 9.32. The van der Waals surface area contributed by atoms with E-state index in [0.29, 0.717) is 34.9 Å². The van der Waals surface area contributed by atoms with Gasteiger partial charge in [0, 0.05) is 35.6 Å². The van der Waals surface area contributed by atoms with Crippen LogP contribution in [-0.4, -0.2) is 48.6 Å². The van der Waals surface area contributed by atoms with Gasteiger partial charge in [-0.25, -0.2) is 4.39 Å². The summed E-state index contributed by atoms with van der Waals surface area (Å²) in [7, 11) is 1.51. The molecule has 236 valence electrons. The van der Waals surface area contributed by atoms with Gasteiger partial charge < -0.3 is 25.3 Å². The Balaban J connectivity index is 1.38. The van der Waals surface area contributed by atoms with Crippen LogP contribution >= 0.6 is 0 Å². The zero-order valence-electron chi connectivity index (χ0n) is 24.1. The van der Waals surface area contributed by atoms with E-state index in [4.69, 9.17) is 19.9 Å². The summed E-state index contributed by atoms with van der Waals surface area (Å²) in [5.41, 5.74) is 4.64. The van der Waals surface area contributed by atoms with Crippen molar-refractivity contribution < 1.29 is 41.4 Å². The minimum atomic E-state index is -4.66. The number of anilines is 1. The molecule has 2 amide bonds. The largest absolute Gasteiger partial charge is 0.493 e. The summed E-state index contributed by atoms with van der Waals surface area (Å²) in [5.74, 6) is -2.00. The molecular weight excluding hydrogens is 598 g/mol. The number of nitrogens with two attached hydrogens (primary N) is 1. The number of piperidine rings is 1. The Bertz CT molecular complexity index is 1690. The number of amides is 2. The number of aromatic nitrogens is 2. The third-order valence-corrected chi connectivity index (χ3v) is 7.28. The smallest absolute Gasteiger partial charge is 0.433 e. The summed E-state index contributed by atoms with van der Waals surface area (Å²) in [6.45, 7) is 2.02. The SMILES string of the molecule is COc1cc2c(Oc3ccc(N(Cc4ccc(C(F)(F)F)nc4)C(=O)C(N)=O)cc3F)ccnc2cc1OCC1CCNCC1. The molecule has 0 bridgehead atoms. The number of nitrogens with one attached hydrogen (secondary N) is 1. The number of halogens is 4. The van der Waals surface area contributed by atoms with Crippen molar-refractivity contribution in [3.05, 3.63) is 78.0 Å². The molecule has 5 rings (SSSR count). The molecule has 4 aromatic rings. The minimum Gasteiger partial charge on any atom is -0.493 e. The molecular formula is C31H29F4N5O5. The van der Waals surface area contributed by atoms with Crippen molar-refractivity contribution in [3.63, 3.8) is 0 Å². The summed E-state index contributed by atoms with van der Waals surface area (Å²) in [6.07, 6.45) is -0.231.